The maximum Gasteiger partial charge on any atom is 0.255 e. The zero-order valence-electron chi connectivity index (χ0n) is 12.0. The Morgan fingerprint density at radius 1 is 1.13 bits per heavy atom. The number of aromatic amines is 1. The first-order valence-corrected chi connectivity index (χ1v) is 6.93. The van der Waals surface area contributed by atoms with Crippen molar-refractivity contribution in [3.8, 4) is 5.75 Å². The SMILES string of the molecule is O=C(Cc1c(O)c2ccccc2[nH]c1=O)Nc1ccccc1F. The number of carbonyl (C=O) groups excluding carboxylic acids is 1. The summed E-state index contributed by atoms with van der Waals surface area (Å²) in [5.41, 5.74) is -0.107. The fourth-order valence-corrected chi connectivity index (χ4v) is 2.35. The van der Waals surface area contributed by atoms with Gasteiger partial charge in [0.1, 0.15) is 11.6 Å². The van der Waals surface area contributed by atoms with Crippen LogP contribution in [0.25, 0.3) is 10.9 Å². The van der Waals surface area contributed by atoms with Gasteiger partial charge in [-0.3, -0.25) is 9.59 Å². The van der Waals surface area contributed by atoms with Crippen molar-refractivity contribution in [3.63, 3.8) is 0 Å². The van der Waals surface area contributed by atoms with Gasteiger partial charge in [-0.05, 0) is 24.3 Å². The molecule has 0 spiro atoms. The molecule has 0 saturated heterocycles. The number of nitrogens with one attached hydrogen (secondary N) is 2. The summed E-state index contributed by atoms with van der Waals surface area (Å²) in [6.07, 6.45) is -0.361. The second kappa shape index (κ2) is 5.92. The van der Waals surface area contributed by atoms with E-state index in [4.69, 9.17) is 0 Å². The molecule has 1 amide bonds. The van der Waals surface area contributed by atoms with Crippen molar-refractivity contribution < 1.29 is 14.3 Å². The van der Waals surface area contributed by atoms with E-state index in [1.54, 1.807) is 30.3 Å². The zero-order chi connectivity index (χ0) is 16.4. The molecule has 0 unspecified atom stereocenters. The average Bonchev–Trinajstić information content (AvgIpc) is 2.54. The minimum atomic E-state index is -0.591. The minimum absolute atomic E-state index is 0.0224. The number of aromatic nitrogens is 1. The van der Waals surface area contributed by atoms with E-state index in [-0.39, 0.29) is 23.4 Å². The molecule has 1 aromatic heterocycles. The van der Waals surface area contributed by atoms with Gasteiger partial charge >= 0.3 is 0 Å². The molecule has 0 radical (unpaired) electrons. The van der Waals surface area contributed by atoms with Crippen molar-refractivity contribution in [3.05, 3.63) is 70.3 Å². The van der Waals surface area contributed by atoms with Crippen LogP contribution in [0.3, 0.4) is 0 Å². The third kappa shape index (κ3) is 2.91. The van der Waals surface area contributed by atoms with Crippen LogP contribution in [0.4, 0.5) is 10.1 Å². The molecular formula is C17H13FN2O3. The summed E-state index contributed by atoms with van der Waals surface area (Å²) in [4.78, 5) is 26.7. The molecule has 1 heterocycles. The van der Waals surface area contributed by atoms with Crippen LogP contribution in [0.2, 0.25) is 0 Å². The summed E-state index contributed by atoms with van der Waals surface area (Å²) in [6, 6.07) is 12.4. The van der Waals surface area contributed by atoms with Crippen LogP contribution in [-0.2, 0) is 11.2 Å². The van der Waals surface area contributed by atoms with E-state index in [0.29, 0.717) is 10.9 Å². The van der Waals surface area contributed by atoms with Crippen molar-refractivity contribution >= 4 is 22.5 Å². The quantitative estimate of drug-likeness (QED) is 0.695. The number of rotatable bonds is 3. The summed E-state index contributed by atoms with van der Waals surface area (Å²) in [6.45, 7) is 0. The lowest BCUT2D eigenvalue weighted by atomic mass is 10.1. The molecule has 3 N–H and O–H groups in total. The van der Waals surface area contributed by atoms with Gasteiger partial charge in [0.2, 0.25) is 5.91 Å². The number of pyridine rings is 1. The Morgan fingerprint density at radius 2 is 1.83 bits per heavy atom. The van der Waals surface area contributed by atoms with Gasteiger partial charge in [-0.2, -0.15) is 0 Å². The van der Waals surface area contributed by atoms with Crippen LogP contribution in [0, 0.1) is 5.82 Å². The van der Waals surface area contributed by atoms with E-state index in [9.17, 15) is 19.1 Å². The van der Waals surface area contributed by atoms with E-state index in [1.165, 1.54) is 18.2 Å². The molecule has 3 rings (SSSR count). The molecule has 6 heteroatoms. The Hall–Kier alpha value is -3.15. The van der Waals surface area contributed by atoms with Gasteiger partial charge in [0.25, 0.3) is 5.56 Å². The largest absolute Gasteiger partial charge is 0.507 e. The Labute approximate surface area is 130 Å². The molecule has 0 saturated carbocycles. The normalized spacial score (nSPS) is 10.7. The van der Waals surface area contributed by atoms with Crippen LogP contribution in [0.1, 0.15) is 5.56 Å². The summed E-state index contributed by atoms with van der Waals surface area (Å²) in [7, 11) is 0. The van der Waals surface area contributed by atoms with Crippen LogP contribution in [0.15, 0.2) is 53.3 Å². The monoisotopic (exact) mass is 312 g/mol. The van der Waals surface area contributed by atoms with E-state index in [1.807, 2.05) is 0 Å². The number of H-pyrrole nitrogens is 1. The standard InChI is InChI=1S/C17H13FN2O3/c18-12-6-2-4-8-14(12)19-15(21)9-11-16(22)10-5-1-3-7-13(10)20-17(11)23/h1-8H,9H2,(H,19,21)(H2,20,22,23). The summed E-state index contributed by atoms with van der Waals surface area (Å²) in [5, 5.41) is 13.1. The lowest BCUT2D eigenvalue weighted by Crippen LogP contribution is -2.21. The van der Waals surface area contributed by atoms with E-state index in [2.05, 4.69) is 10.3 Å². The van der Waals surface area contributed by atoms with E-state index >= 15 is 0 Å². The Kier molecular flexibility index (Phi) is 3.80. The van der Waals surface area contributed by atoms with Gasteiger partial charge in [0.15, 0.2) is 0 Å². The van der Waals surface area contributed by atoms with Crippen LogP contribution < -0.4 is 10.9 Å². The number of halogens is 1. The highest BCUT2D eigenvalue weighted by molar-refractivity contribution is 5.94. The first kappa shape index (κ1) is 14.8. The average molecular weight is 312 g/mol. The molecule has 0 bridgehead atoms. The number of hydrogen-bond acceptors (Lipinski definition) is 3. The smallest absolute Gasteiger partial charge is 0.255 e. The Bertz CT molecular complexity index is 950. The van der Waals surface area contributed by atoms with Crippen molar-refractivity contribution in [1.29, 1.82) is 0 Å². The third-order valence-electron chi connectivity index (χ3n) is 3.48. The number of anilines is 1. The second-order valence-electron chi connectivity index (χ2n) is 5.03. The summed E-state index contributed by atoms with van der Waals surface area (Å²) in [5.74, 6) is -1.41. The number of benzene rings is 2. The number of hydrogen-bond donors (Lipinski definition) is 3. The van der Waals surface area contributed by atoms with Gasteiger partial charge in [0.05, 0.1) is 23.2 Å². The van der Waals surface area contributed by atoms with Crippen LogP contribution in [0.5, 0.6) is 5.75 Å². The Balaban J connectivity index is 1.91. The van der Waals surface area contributed by atoms with Crippen molar-refractivity contribution in [2.75, 3.05) is 5.32 Å². The molecule has 2 aromatic carbocycles. The molecule has 0 fully saturated rings. The predicted octanol–water partition coefficient (Wildman–Crippen LogP) is 2.55. The molecule has 0 aliphatic heterocycles. The molecular weight excluding hydrogens is 299 g/mol. The Morgan fingerprint density at radius 3 is 2.61 bits per heavy atom. The van der Waals surface area contributed by atoms with Gasteiger partial charge in [-0.1, -0.05) is 24.3 Å². The topological polar surface area (TPSA) is 82.2 Å². The number of para-hydroxylation sites is 2. The summed E-state index contributed by atoms with van der Waals surface area (Å²) >= 11 is 0. The van der Waals surface area contributed by atoms with Gasteiger partial charge in [-0.15, -0.1) is 0 Å². The maximum absolute atomic E-state index is 13.5. The van der Waals surface area contributed by atoms with E-state index in [0.717, 1.165) is 0 Å². The highest BCUT2D eigenvalue weighted by Crippen LogP contribution is 2.25. The molecule has 5 nitrogen and oxygen atoms in total. The number of fused-ring (bicyclic) bond motifs is 1. The minimum Gasteiger partial charge on any atom is -0.507 e. The fraction of sp³-hybridized carbons (Fsp3) is 0.0588. The second-order valence-corrected chi connectivity index (χ2v) is 5.03. The van der Waals surface area contributed by atoms with Crippen LogP contribution >= 0.6 is 0 Å². The van der Waals surface area contributed by atoms with Crippen LogP contribution in [-0.4, -0.2) is 16.0 Å². The fourth-order valence-electron chi connectivity index (χ4n) is 2.35. The molecule has 116 valence electrons. The summed E-state index contributed by atoms with van der Waals surface area (Å²) < 4.78 is 13.5. The zero-order valence-corrected chi connectivity index (χ0v) is 12.0. The highest BCUT2D eigenvalue weighted by atomic mass is 19.1. The first-order valence-electron chi connectivity index (χ1n) is 6.93. The lowest BCUT2D eigenvalue weighted by Gasteiger charge is -2.09. The molecule has 3 aromatic rings. The predicted molar refractivity (Wildman–Crippen MR) is 85.0 cm³/mol. The lowest BCUT2D eigenvalue weighted by molar-refractivity contribution is -0.115. The van der Waals surface area contributed by atoms with Gasteiger partial charge in [0, 0.05) is 5.39 Å². The molecule has 0 aliphatic rings. The van der Waals surface area contributed by atoms with Crippen molar-refractivity contribution in [2.24, 2.45) is 0 Å². The van der Waals surface area contributed by atoms with Gasteiger partial charge < -0.3 is 15.4 Å². The molecule has 0 atom stereocenters. The highest BCUT2D eigenvalue weighted by Gasteiger charge is 2.16. The van der Waals surface area contributed by atoms with Gasteiger partial charge in [-0.25, -0.2) is 4.39 Å². The number of aromatic hydroxyl groups is 1. The third-order valence-corrected chi connectivity index (χ3v) is 3.48. The van der Waals surface area contributed by atoms with Crippen molar-refractivity contribution in [2.45, 2.75) is 6.42 Å². The number of carbonyl (C=O) groups is 1. The first-order chi connectivity index (χ1) is 11.1. The molecule has 23 heavy (non-hydrogen) atoms. The maximum atomic E-state index is 13.5. The number of amides is 1. The van der Waals surface area contributed by atoms with Crippen molar-refractivity contribution in [1.82, 2.24) is 4.98 Å². The van der Waals surface area contributed by atoms with E-state index < -0.39 is 17.3 Å². The molecule has 0 aliphatic carbocycles.